The summed E-state index contributed by atoms with van der Waals surface area (Å²) in [5.74, 6) is -0.705. The van der Waals surface area contributed by atoms with Crippen LogP contribution in [0.15, 0.2) is 5.38 Å². The maximum atomic E-state index is 12.1. The molecular formula is C13H17N3O3S. The Morgan fingerprint density at radius 3 is 2.90 bits per heavy atom. The summed E-state index contributed by atoms with van der Waals surface area (Å²) in [6, 6.07) is -0.243. The normalized spacial score (nSPS) is 22.6. The largest absolute Gasteiger partial charge is 0.481 e. The molecule has 3 rings (SSSR count). The molecule has 0 aromatic carbocycles. The van der Waals surface area contributed by atoms with Crippen LogP contribution >= 0.6 is 11.3 Å². The van der Waals surface area contributed by atoms with Crippen molar-refractivity contribution in [1.29, 1.82) is 0 Å². The summed E-state index contributed by atoms with van der Waals surface area (Å²) in [6.07, 6.45) is 3.74. The van der Waals surface area contributed by atoms with Gasteiger partial charge >= 0.3 is 12.0 Å². The van der Waals surface area contributed by atoms with Crippen molar-refractivity contribution >= 4 is 28.5 Å². The molecule has 2 N–H and O–H groups in total. The number of aliphatic carboxylic acids is 1. The van der Waals surface area contributed by atoms with E-state index in [-0.39, 0.29) is 12.6 Å². The third-order valence-corrected chi connectivity index (χ3v) is 4.57. The molecule has 1 saturated carbocycles. The van der Waals surface area contributed by atoms with Crippen molar-refractivity contribution in [2.45, 2.75) is 31.6 Å². The molecule has 2 heterocycles. The number of nitrogens with zero attached hydrogens (tertiary/aromatic N) is 2. The number of carboxylic acid groups (broad SMARTS) is 1. The van der Waals surface area contributed by atoms with Gasteiger partial charge in [-0.05, 0) is 25.7 Å². The molecule has 6 nitrogen and oxygen atoms in total. The van der Waals surface area contributed by atoms with Gasteiger partial charge in [-0.25, -0.2) is 9.78 Å². The molecule has 20 heavy (non-hydrogen) atoms. The van der Waals surface area contributed by atoms with Gasteiger partial charge in [0.2, 0.25) is 0 Å². The Morgan fingerprint density at radius 1 is 1.40 bits per heavy atom. The lowest BCUT2D eigenvalue weighted by Crippen LogP contribution is -2.44. The van der Waals surface area contributed by atoms with Crippen molar-refractivity contribution in [3.05, 3.63) is 11.1 Å². The van der Waals surface area contributed by atoms with Gasteiger partial charge < -0.3 is 10.0 Å². The topological polar surface area (TPSA) is 82.5 Å². The van der Waals surface area contributed by atoms with E-state index in [1.165, 1.54) is 24.2 Å². The first-order valence-electron chi connectivity index (χ1n) is 6.87. The number of carbonyl (C=O) groups is 2. The quantitative estimate of drug-likeness (QED) is 0.896. The van der Waals surface area contributed by atoms with Gasteiger partial charge in [0, 0.05) is 24.4 Å². The lowest BCUT2D eigenvalue weighted by Gasteiger charge is -2.30. The van der Waals surface area contributed by atoms with Crippen LogP contribution in [-0.4, -0.2) is 40.1 Å². The standard InChI is InChI=1S/C13H17N3O3S/c17-11(18)9-2-1-5-16(6-9)13(19)15-12-14-10(7-20-12)8-3-4-8/h7-9H,1-6H2,(H,17,18)(H,14,15,19)/t9-/m0/s1. The molecule has 1 aromatic heterocycles. The van der Waals surface area contributed by atoms with Gasteiger partial charge in [-0.2, -0.15) is 0 Å². The van der Waals surface area contributed by atoms with E-state index in [1.54, 1.807) is 4.90 Å². The molecule has 1 aromatic rings. The number of likely N-dealkylation sites (tertiary alicyclic amines) is 1. The fraction of sp³-hybridized carbons (Fsp3) is 0.615. The number of aromatic nitrogens is 1. The molecule has 1 atom stereocenters. The average Bonchev–Trinajstić information content (AvgIpc) is 3.20. The van der Waals surface area contributed by atoms with Crippen LogP contribution in [0.2, 0.25) is 0 Å². The third kappa shape index (κ3) is 2.92. The van der Waals surface area contributed by atoms with Crippen LogP contribution < -0.4 is 5.32 Å². The van der Waals surface area contributed by atoms with E-state index in [0.29, 0.717) is 24.0 Å². The number of piperidine rings is 1. The highest BCUT2D eigenvalue weighted by Gasteiger charge is 2.29. The van der Waals surface area contributed by atoms with E-state index in [9.17, 15) is 9.59 Å². The summed E-state index contributed by atoms with van der Waals surface area (Å²) in [7, 11) is 0. The third-order valence-electron chi connectivity index (χ3n) is 3.79. The molecule has 1 saturated heterocycles. The van der Waals surface area contributed by atoms with E-state index < -0.39 is 11.9 Å². The number of amides is 2. The molecule has 0 unspecified atom stereocenters. The summed E-state index contributed by atoms with van der Waals surface area (Å²) in [5, 5.41) is 14.4. The monoisotopic (exact) mass is 295 g/mol. The number of carbonyl (C=O) groups excluding carboxylic acids is 1. The van der Waals surface area contributed by atoms with Gasteiger partial charge in [0.15, 0.2) is 5.13 Å². The lowest BCUT2D eigenvalue weighted by atomic mass is 9.99. The molecule has 1 aliphatic heterocycles. The predicted octanol–water partition coefficient (Wildman–Crippen LogP) is 2.35. The van der Waals surface area contributed by atoms with Gasteiger partial charge in [-0.1, -0.05) is 0 Å². The second-order valence-corrected chi connectivity index (χ2v) is 6.26. The zero-order valence-corrected chi connectivity index (χ0v) is 11.9. The highest BCUT2D eigenvalue weighted by molar-refractivity contribution is 7.13. The average molecular weight is 295 g/mol. The first-order chi connectivity index (χ1) is 9.63. The van der Waals surface area contributed by atoms with Gasteiger partial charge in [0.25, 0.3) is 0 Å². The van der Waals surface area contributed by atoms with Crippen LogP contribution in [-0.2, 0) is 4.79 Å². The van der Waals surface area contributed by atoms with Crippen molar-refractivity contribution in [2.75, 3.05) is 18.4 Å². The molecule has 0 bridgehead atoms. The van der Waals surface area contributed by atoms with Crippen LogP contribution in [0.25, 0.3) is 0 Å². The second-order valence-electron chi connectivity index (χ2n) is 5.41. The van der Waals surface area contributed by atoms with Crippen molar-refractivity contribution < 1.29 is 14.7 Å². The van der Waals surface area contributed by atoms with Crippen molar-refractivity contribution in [3.8, 4) is 0 Å². The summed E-state index contributed by atoms with van der Waals surface area (Å²) < 4.78 is 0. The maximum Gasteiger partial charge on any atom is 0.323 e. The van der Waals surface area contributed by atoms with E-state index in [0.717, 1.165) is 12.1 Å². The Bertz CT molecular complexity index is 527. The molecule has 0 radical (unpaired) electrons. The second kappa shape index (κ2) is 5.40. The fourth-order valence-electron chi connectivity index (χ4n) is 2.44. The number of carboxylic acids is 1. The van der Waals surface area contributed by atoms with Crippen LogP contribution in [0.1, 0.15) is 37.3 Å². The Labute approximate surface area is 120 Å². The van der Waals surface area contributed by atoms with E-state index >= 15 is 0 Å². The van der Waals surface area contributed by atoms with Gasteiger partial charge in [-0.3, -0.25) is 10.1 Å². The van der Waals surface area contributed by atoms with Crippen molar-refractivity contribution in [2.24, 2.45) is 5.92 Å². The smallest absolute Gasteiger partial charge is 0.323 e. The predicted molar refractivity (Wildman–Crippen MR) is 75.0 cm³/mol. The van der Waals surface area contributed by atoms with Crippen LogP contribution in [0.5, 0.6) is 0 Å². The Balaban J connectivity index is 1.58. The summed E-state index contributed by atoms with van der Waals surface area (Å²) >= 11 is 1.43. The minimum Gasteiger partial charge on any atom is -0.481 e. The molecule has 2 amide bonds. The first kappa shape index (κ1) is 13.4. The zero-order valence-electron chi connectivity index (χ0n) is 11.0. The fourth-order valence-corrected chi connectivity index (χ4v) is 3.23. The van der Waals surface area contributed by atoms with Gasteiger partial charge in [-0.15, -0.1) is 11.3 Å². The summed E-state index contributed by atoms with van der Waals surface area (Å²) in [5.41, 5.74) is 1.06. The molecule has 2 fully saturated rings. The SMILES string of the molecule is O=C(O)[C@H]1CCCN(C(=O)Nc2nc(C3CC3)cs2)C1. The molecule has 108 valence electrons. The molecule has 0 spiro atoms. The van der Waals surface area contributed by atoms with Crippen molar-refractivity contribution in [1.82, 2.24) is 9.88 Å². The van der Waals surface area contributed by atoms with Gasteiger partial charge in [0.1, 0.15) is 0 Å². The highest BCUT2D eigenvalue weighted by Crippen LogP contribution is 2.40. The Kier molecular flexibility index (Phi) is 3.60. The van der Waals surface area contributed by atoms with E-state index in [4.69, 9.17) is 5.11 Å². The van der Waals surface area contributed by atoms with Crippen LogP contribution in [0.4, 0.5) is 9.93 Å². The zero-order chi connectivity index (χ0) is 14.1. The number of urea groups is 1. The van der Waals surface area contributed by atoms with Crippen LogP contribution in [0.3, 0.4) is 0 Å². The Morgan fingerprint density at radius 2 is 2.20 bits per heavy atom. The number of hydrogen-bond acceptors (Lipinski definition) is 4. The molecule has 7 heteroatoms. The molecule has 1 aliphatic carbocycles. The number of thiazole rings is 1. The van der Waals surface area contributed by atoms with Crippen molar-refractivity contribution in [3.63, 3.8) is 0 Å². The number of rotatable bonds is 3. The number of nitrogens with one attached hydrogen (secondary N) is 1. The number of anilines is 1. The maximum absolute atomic E-state index is 12.1. The van der Waals surface area contributed by atoms with Gasteiger partial charge in [0.05, 0.1) is 11.6 Å². The minimum atomic E-state index is -0.826. The molecular weight excluding hydrogens is 278 g/mol. The van der Waals surface area contributed by atoms with E-state index in [2.05, 4.69) is 10.3 Å². The molecule has 2 aliphatic rings. The summed E-state index contributed by atoms with van der Waals surface area (Å²) in [4.78, 5) is 29.1. The Hall–Kier alpha value is -1.63. The highest BCUT2D eigenvalue weighted by atomic mass is 32.1. The van der Waals surface area contributed by atoms with Crippen LogP contribution in [0, 0.1) is 5.92 Å². The number of hydrogen-bond donors (Lipinski definition) is 2. The lowest BCUT2D eigenvalue weighted by molar-refractivity contribution is -0.143. The van der Waals surface area contributed by atoms with E-state index in [1.807, 2.05) is 5.38 Å². The minimum absolute atomic E-state index is 0.243. The first-order valence-corrected chi connectivity index (χ1v) is 7.75. The summed E-state index contributed by atoms with van der Waals surface area (Å²) in [6.45, 7) is 0.887.